The van der Waals surface area contributed by atoms with Crippen molar-refractivity contribution in [2.45, 2.75) is 58.0 Å². The number of hydrogen-bond acceptors (Lipinski definition) is 4. The Hall–Kier alpha value is -2.15. The van der Waals surface area contributed by atoms with E-state index >= 15 is 0 Å². The third-order valence-electron chi connectivity index (χ3n) is 4.96. The van der Waals surface area contributed by atoms with Crippen molar-refractivity contribution in [3.8, 4) is 5.75 Å². The first-order valence-electron chi connectivity index (χ1n) is 9.09. The highest BCUT2D eigenvalue weighted by atomic mass is 32.1. The number of fused-ring (bicyclic) bond motifs is 1. The Labute approximate surface area is 159 Å². The Balaban J connectivity index is 1.64. The van der Waals surface area contributed by atoms with Gasteiger partial charge in [0, 0.05) is 12.5 Å². The molecule has 1 heterocycles. The molecule has 1 aromatic carbocycles. The number of aryl methyl sites for hydroxylation is 1. The van der Waals surface area contributed by atoms with Crippen molar-refractivity contribution in [2.75, 3.05) is 7.11 Å². The Morgan fingerprint density at radius 3 is 3.04 bits per heavy atom. The average Bonchev–Trinajstić information content (AvgIpc) is 3.00. The molecule has 7 heteroatoms. The maximum atomic E-state index is 12.5. The summed E-state index contributed by atoms with van der Waals surface area (Å²) in [6.07, 6.45) is 3.68. The highest BCUT2D eigenvalue weighted by Gasteiger charge is 2.23. The van der Waals surface area contributed by atoms with E-state index in [0.717, 1.165) is 30.8 Å². The number of methoxy groups -OCH3 is 1. The molecular weight excluding hydrogens is 348 g/mol. The van der Waals surface area contributed by atoms with Gasteiger partial charge in [0.1, 0.15) is 5.75 Å². The smallest absolute Gasteiger partial charge is 0.220 e. The number of benzene rings is 1. The second-order valence-corrected chi connectivity index (χ2v) is 7.43. The van der Waals surface area contributed by atoms with Crippen LogP contribution in [0, 0.1) is 4.77 Å². The number of carbonyl (C=O) groups excluding carboxylic acids is 1. The van der Waals surface area contributed by atoms with E-state index in [9.17, 15) is 4.79 Å². The van der Waals surface area contributed by atoms with Crippen LogP contribution < -0.4 is 10.1 Å². The van der Waals surface area contributed by atoms with Crippen molar-refractivity contribution < 1.29 is 9.53 Å². The lowest BCUT2D eigenvalue weighted by Gasteiger charge is -2.25. The molecule has 0 saturated heterocycles. The minimum atomic E-state index is 0.0443. The number of H-pyrrole nitrogens is 1. The van der Waals surface area contributed by atoms with Gasteiger partial charge in [0.05, 0.1) is 13.7 Å². The molecule has 0 unspecified atom stereocenters. The Bertz CT molecular complexity index is 840. The van der Waals surface area contributed by atoms with Gasteiger partial charge in [-0.05, 0) is 74.5 Å². The summed E-state index contributed by atoms with van der Waals surface area (Å²) in [4.78, 5) is 12.5. The Morgan fingerprint density at radius 1 is 1.50 bits per heavy atom. The largest absolute Gasteiger partial charge is 0.497 e. The number of aromatic nitrogens is 3. The van der Waals surface area contributed by atoms with E-state index in [1.165, 1.54) is 11.1 Å². The third kappa shape index (κ3) is 3.98. The summed E-state index contributed by atoms with van der Waals surface area (Å²) in [6.45, 7) is 4.47. The zero-order chi connectivity index (χ0) is 18.7. The van der Waals surface area contributed by atoms with Gasteiger partial charge < -0.3 is 14.6 Å². The maximum absolute atomic E-state index is 12.5. The van der Waals surface area contributed by atoms with Crippen LogP contribution in [-0.2, 0) is 17.8 Å². The number of nitrogens with one attached hydrogen (secondary N) is 2. The first kappa shape index (κ1) is 18.6. The molecule has 0 bridgehead atoms. The molecule has 0 aliphatic heterocycles. The predicted molar refractivity (Wildman–Crippen MR) is 103 cm³/mol. The summed E-state index contributed by atoms with van der Waals surface area (Å²) in [5, 5.41) is 10.0. The molecule has 140 valence electrons. The van der Waals surface area contributed by atoms with Gasteiger partial charge in [-0.3, -0.25) is 9.89 Å². The van der Waals surface area contributed by atoms with Gasteiger partial charge in [0.15, 0.2) is 10.6 Å². The summed E-state index contributed by atoms with van der Waals surface area (Å²) in [5.41, 5.74) is 2.58. The zero-order valence-corrected chi connectivity index (χ0v) is 16.4. The Morgan fingerprint density at radius 2 is 2.31 bits per heavy atom. The van der Waals surface area contributed by atoms with Crippen LogP contribution in [0.1, 0.15) is 62.0 Å². The minimum Gasteiger partial charge on any atom is -0.497 e. The van der Waals surface area contributed by atoms with Crippen molar-refractivity contribution in [3.63, 3.8) is 0 Å². The molecule has 1 aromatic heterocycles. The van der Waals surface area contributed by atoms with Gasteiger partial charge >= 0.3 is 0 Å². The number of ether oxygens (including phenoxy) is 1. The Kier molecular flexibility index (Phi) is 5.76. The monoisotopic (exact) mass is 374 g/mol. The van der Waals surface area contributed by atoms with E-state index in [-0.39, 0.29) is 17.9 Å². The molecule has 1 aliphatic rings. The number of aromatic amines is 1. The topological polar surface area (TPSA) is 71.9 Å². The third-order valence-corrected chi connectivity index (χ3v) is 5.25. The van der Waals surface area contributed by atoms with E-state index in [1.807, 2.05) is 24.5 Å². The quantitative estimate of drug-likeness (QED) is 0.757. The summed E-state index contributed by atoms with van der Waals surface area (Å²) in [5.74, 6) is 1.94. The molecule has 26 heavy (non-hydrogen) atoms. The molecule has 2 aromatic rings. The second-order valence-electron chi connectivity index (χ2n) is 7.04. The SMILES string of the molecule is COc1ccc2c(c1)CCC[C@@H]2CC(=O)NCc1n[nH]c(=S)n1C(C)C. The molecule has 6 nitrogen and oxygen atoms in total. The molecule has 2 N–H and O–H groups in total. The molecule has 1 aliphatic carbocycles. The minimum absolute atomic E-state index is 0.0443. The number of carbonyl (C=O) groups is 1. The fourth-order valence-corrected chi connectivity index (χ4v) is 4.06. The molecule has 0 spiro atoms. The van der Waals surface area contributed by atoms with Crippen molar-refractivity contribution >= 4 is 18.1 Å². The average molecular weight is 375 g/mol. The van der Waals surface area contributed by atoms with Crippen LogP contribution in [0.2, 0.25) is 0 Å². The van der Waals surface area contributed by atoms with E-state index in [0.29, 0.717) is 17.7 Å². The second kappa shape index (κ2) is 8.03. The van der Waals surface area contributed by atoms with Gasteiger partial charge in [-0.25, -0.2) is 0 Å². The summed E-state index contributed by atoms with van der Waals surface area (Å²) in [7, 11) is 1.68. The first-order chi connectivity index (χ1) is 12.5. The van der Waals surface area contributed by atoms with Crippen LogP contribution in [0.4, 0.5) is 0 Å². The van der Waals surface area contributed by atoms with Crippen LogP contribution in [0.3, 0.4) is 0 Å². The van der Waals surface area contributed by atoms with Crippen LogP contribution in [0.15, 0.2) is 18.2 Å². The van der Waals surface area contributed by atoms with Crippen LogP contribution >= 0.6 is 12.2 Å². The van der Waals surface area contributed by atoms with Gasteiger partial charge in [0.25, 0.3) is 0 Å². The molecule has 3 rings (SSSR count). The van der Waals surface area contributed by atoms with E-state index < -0.39 is 0 Å². The fourth-order valence-electron chi connectivity index (χ4n) is 3.70. The van der Waals surface area contributed by atoms with Gasteiger partial charge in [-0.2, -0.15) is 5.10 Å². The number of rotatable bonds is 6. The first-order valence-corrected chi connectivity index (χ1v) is 9.49. The summed E-state index contributed by atoms with van der Waals surface area (Å²) in [6, 6.07) is 6.39. The van der Waals surface area contributed by atoms with E-state index in [4.69, 9.17) is 17.0 Å². The lowest BCUT2D eigenvalue weighted by molar-refractivity contribution is -0.121. The standard InChI is InChI=1S/C19H26N4O2S/c1-12(2)23-17(21-22-19(23)26)11-20-18(24)10-14-6-4-5-13-9-15(25-3)7-8-16(13)14/h7-9,12,14H,4-6,10-11H2,1-3H3,(H,20,24)(H,22,26)/t14-/m1/s1. The van der Waals surface area contributed by atoms with Gasteiger partial charge in [-0.15, -0.1) is 0 Å². The van der Waals surface area contributed by atoms with Crippen molar-refractivity contribution in [1.29, 1.82) is 0 Å². The van der Waals surface area contributed by atoms with Crippen LogP contribution in [0.25, 0.3) is 0 Å². The van der Waals surface area contributed by atoms with Crippen LogP contribution in [-0.4, -0.2) is 27.8 Å². The van der Waals surface area contributed by atoms with Crippen molar-refractivity contribution in [3.05, 3.63) is 39.9 Å². The van der Waals surface area contributed by atoms with Gasteiger partial charge in [0.2, 0.25) is 5.91 Å². The number of amides is 1. The highest BCUT2D eigenvalue weighted by molar-refractivity contribution is 7.71. The van der Waals surface area contributed by atoms with Gasteiger partial charge in [-0.1, -0.05) is 6.07 Å². The maximum Gasteiger partial charge on any atom is 0.220 e. The normalized spacial score (nSPS) is 16.4. The molecule has 0 saturated carbocycles. The summed E-state index contributed by atoms with van der Waals surface area (Å²) < 4.78 is 7.83. The molecule has 1 atom stereocenters. The van der Waals surface area contributed by atoms with E-state index in [1.54, 1.807) is 7.11 Å². The summed E-state index contributed by atoms with van der Waals surface area (Å²) >= 11 is 5.25. The number of nitrogens with zero attached hydrogens (tertiary/aromatic N) is 2. The number of hydrogen-bond donors (Lipinski definition) is 2. The lowest BCUT2D eigenvalue weighted by Crippen LogP contribution is -2.27. The van der Waals surface area contributed by atoms with Crippen LogP contribution in [0.5, 0.6) is 5.75 Å². The van der Waals surface area contributed by atoms with Crippen molar-refractivity contribution in [2.24, 2.45) is 0 Å². The molecule has 1 amide bonds. The van der Waals surface area contributed by atoms with E-state index in [2.05, 4.69) is 27.6 Å². The van der Waals surface area contributed by atoms with Crippen molar-refractivity contribution in [1.82, 2.24) is 20.1 Å². The fraction of sp³-hybridized carbons (Fsp3) is 0.526. The molecule has 0 radical (unpaired) electrons. The highest BCUT2D eigenvalue weighted by Crippen LogP contribution is 2.35. The molecular formula is C19H26N4O2S. The lowest BCUT2D eigenvalue weighted by atomic mass is 9.81. The molecule has 0 fully saturated rings. The zero-order valence-electron chi connectivity index (χ0n) is 15.5. The predicted octanol–water partition coefficient (Wildman–Crippen LogP) is 3.66.